The normalized spacial score (nSPS) is 16.8. The van der Waals surface area contributed by atoms with Crippen molar-refractivity contribution in [1.82, 2.24) is 5.32 Å². The zero-order chi connectivity index (χ0) is 18.8. The van der Waals surface area contributed by atoms with Crippen LogP contribution in [0.3, 0.4) is 0 Å². The molecule has 0 aromatic heterocycles. The van der Waals surface area contributed by atoms with Crippen LogP contribution in [0.2, 0.25) is 5.02 Å². The Morgan fingerprint density at radius 1 is 1.35 bits per heavy atom. The van der Waals surface area contributed by atoms with Gasteiger partial charge in [-0.05, 0) is 43.0 Å². The maximum Gasteiger partial charge on any atom is 0.255 e. The van der Waals surface area contributed by atoms with Crippen molar-refractivity contribution in [2.45, 2.75) is 13.3 Å². The number of amides is 1. The van der Waals surface area contributed by atoms with Crippen molar-refractivity contribution >= 4 is 23.2 Å². The summed E-state index contributed by atoms with van der Waals surface area (Å²) in [6, 6.07) is 7.09. The molecule has 0 bridgehead atoms. The third kappa shape index (κ3) is 3.90. The number of carbonyl (C=O) groups excluding carboxylic acids is 1. The van der Waals surface area contributed by atoms with Gasteiger partial charge in [-0.15, -0.1) is 0 Å². The molecule has 1 heterocycles. The summed E-state index contributed by atoms with van der Waals surface area (Å²) in [7, 11) is 0. The molecule has 1 atom stereocenters. The van der Waals surface area contributed by atoms with Crippen molar-refractivity contribution in [1.29, 1.82) is 0 Å². The first-order valence-corrected chi connectivity index (χ1v) is 8.70. The van der Waals surface area contributed by atoms with Crippen molar-refractivity contribution in [2.75, 3.05) is 24.5 Å². The van der Waals surface area contributed by atoms with Crippen molar-refractivity contribution in [3.8, 4) is 5.75 Å². The number of hydrogen-bond acceptors (Lipinski definition) is 3. The molecule has 1 fully saturated rings. The first-order chi connectivity index (χ1) is 12.3. The highest BCUT2D eigenvalue weighted by atomic mass is 35.5. The van der Waals surface area contributed by atoms with Crippen LogP contribution in [0.25, 0.3) is 0 Å². The predicted molar refractivity (Wildman–Crippen MR) is 96.9 cm³/mol. The molecule has 1 aliphatic heterocycles. The molecule has 1 aliphatic rings. The number of anilines is 1. The van der Waals surface area contributed by atoms with Crippen LogP contribution in [0, 0.1) is 24.5 Å². The lowest BCUT2D eigenvalue weighted by Gasteiger charge is -2.21. The minimum absolute atomic E-state index is 0.192. The molecule has 0 spiro atoms. The van der Waals surface area contributed by atoms with E-state index in [1.54, 1.807) is 0 Å². The van der Waals surface area contributed by atoms with Gasteiger partial charge < -0.3 is 15.3 Å². The monoisotopic (exact) mass is 380 g/mol. The first kappa shape index (κ1) is 18.5. The summed E-state index contributed by atoms with van der Waals surface area (Å²) in [5, 5.41) is 12.9. The van der Waals surface area contributed by atoms with Crippen LogP contribution < -0.4 is 10.2 Å². The Hall–Kier alpha value is -2.34. The fraction of sp³-hybridized carbons (Fsp3) is 0.316. The molecule has 0 saturated carbocycles. The number of benzene rings is 2. The Morgan fingerprint density at radius 2 is 2.12 bits per heavy atom. The van der Waals surface area contributed by atoms with Crippen LogP contribution in [-0.2, 0) is 0 Å². The summed E-state index contributed by atoms with van der Waals surface area (Å²) in [4.78, 5) is 14.3. The van der Waals surface area contributed by atoms with Gasteiger partial charge >= 0.3 is 0 Å². The maximum absolute atomic E-state index is 13.4. The Bertz CT molecular complexity index is 845. The number of nitrogens with one attached hydrogen (secondary N) is 1. The van der Waals surface area contributed by atoms with E-state index in [2.05, 4.69) is 10.2 Å². The fourth-order valence-electron chi connectivity index (χ4n) is 3.21. The maximum atomic E-state index is 13.4. The van der Waals surface area contributed by atoms with Crippen molar-refractivity contribution < 1.29 is 18.7 Å². The number of halogens is 3. The lowest BCUT2D eigenvalue weighted by molar-refractivity contribution is 0.0944. The second kappa shape index (κ2) is 7.50. The van der Waals surface area contributed by atoms with E-state index in [-0.39, 0.29) is 5.92 Å². The van der Waals surface area contributed by atoms with E-state index >= 15 is 0 Å². The average molecular weight is 381 g/mol. The summed E-state index contributed by atoms with van der Waals surface area (Å²) >= 11 is 6.07. The minimum atomic E-state index is -1.15. The van der Waals surface area contributed by atoms with Gasteiger partial charge in [0.15, 0.2) is 11.6 Å². The number of carbonyl (C=O) groups is 1. The Morgan fingerprint density at radius 3 is 2.88 bits per heavy atom. The molecule has 2 N–H and O–H groups in total. The van der Waals surface area contributed by atoms with Gasteiger partial charge in [0, 0.05) is 36.4 Å². The van der Waals surface area contributed by atoms with Crippen molar-refractivity contribution in [2.24, 2.45) is 5.92 Å². The third-order valence-electron chi connectivity index (χ3n) is 4.62. The second-order valence-electron chi connectivity index (χ2n) is 6.53. The number of phenols is 1. The van der Waals surface area contributed by atoms with Crippen LogP contribution in [0.1, 0.15) is 22.3 Å². The molecule has 2 aromatic carbocycles. The highest BCUT2D eigenvalue weighted by molar-refractivity contribution is 6.30. The first-order valence-electron chi connectivity index (χ1n) is 8.32. The van der Waals surface area contributed by atoms with E-state index in [0.717, 1.165) is 36.8 Å². The Balaban J connectivity index is 1.61. The topological polar surface area (TPSA) is 52.6 Å². The lowest BCUT2D eigenvalue weighted by Crippen LogP contribution is -2.31. The van der Waals surface area contributed by atoms with Crippen molar-refractivity contribution in [3.05, 3.63) is 58.1 Å². The largest absolute Gasteiger partial charge is 0.504 e. The van der Waals surface area contributed by atoms with Crippen LogP contribution in [0.5, 0.6) is 5.75 Å². The SMILES string of the molecule is Cc1ccc(Cl)cc1N1CCC(CNC(=O)c2cc(F)cc(F)c2O)C1. The van der Waals surface area contributed by atoms with Crippen molar-refractivity contribution in [3.63, 3.8) is 0 Å². The van der Waals surface area contributed by atoms with Gasteiger partial charge in [-0.2, -0.15) is 0 Å². The molecule has 7 heteroatoms. The number of phenolic OH excluding ortho intramolecular Hbond substituents is 1. The number of aromatic hydroxyl groups is 1. The number of aryl methyl sites for hydroxylation is 1. The average Bonchev–Trinajstić information content (AvgIpc) is 3.07. The minimum Gasteiger partial charge on any atom is -0.504 e. The number of nitrogens with zero attached hydrogens (tertiary/aromatic N) is 1. The number of rotatable bonds is 4. The molecule has 1 saturated heterocycles. The molecule has 26 heavy (non-hydrogen) atoms. The molecule has 138 valence electrons. The standard InChI is InChI=1S/C19H19ClF2N2O2/c1-11-2-3-13(20)6-17(11)24-5-4-12(10-24)9-23-19(26)15-7-14(21)8-16(22)18(15)25/h2-3,6-8,12,25H,4-5,9-10H2,1H3,(H,23,26). The summed E-state index contributed by atoms with van der Waals surface area (Å²) in [5.41, 5.74) is 1.79. The smallest absolute Gasteiger partial charge is 0.255 e. The molecular weight excluding hydrogens is 362 g/mol. The molecular formula is C19H19ClF2N2O2. The molecule has 1 amide bonds. The zero-order valence-corrected chi connectivity index (χ0v) is 15.0. The second-order valence-corrected chi connectivity index (χ2v) is 6.96. The quantitative estimate of drug-likeness (QED) is 0.846. The molecule has 0 radical (unpaired) electrons. The lowest BCUT2D eigenvalue weighted by atomic mass is 10.1. The molecule has 4 nitrogen and oxygen atoms in total. The summed E-state index contributed by atoms with van der Waals surface area (Å²) in [5.74, 6) is -3.41. The van der Waals surface area contributed by atoms with Crippen LogP contribution in [0.15, 0.2) is 30.3 Å². The van der Waals surface area contributed by atoms with Gasteiger partial charge in [-0.1, -0.05) is 17.7 Å². The Labute approximate surface area is 155 Å². The van der Waals surface area contributed by atoms with Crippen LogP contribution >= 0.6 is 11.6 Å². The number of hydrogen-bond donors (Lipinski definition) is 2. The predicted octanol–water partition coefficient (Wildman–Crippen LogP) is 3.89. The summed E-state index contributed by atoms with van der Waals surface area (Å²) in [6.45, 7) is 3.95. The highest BCUT2D eigenvalue weighted by Gasteiger charge is 2.25. The van der Waals surface area contributed by atoms with E-state index in [1.165, 1.54) is 0 Å². The van der Waals surface area contributed by atoms with Gasteiger partial charge in [0.2, 0.25) is 0 Å². The van der Waals surface area contributed by atoms with E-state index in [0.29, 0.717) is 17.6 Å². The van der Waals surface area contributed by atoms with Gasteiger partial charge in [0.05, 0.1) is 5.56 Å². The van der Waals surface area contributed by atoms with Gasteiger partial charge in [0.25, 0.3) is 5.91 Å². The molecule has 3 rings (SSSR count). The van der Waals surface area contributed by atoms with Crippen LogP contribution in [-0.4, -0.2) is 30.6 Å². The van der Waals surface area contributed by atoms with E-state index in [1.807, 2.05) is 25.1 Å². The summed E-state index contributed by atoms with van der Waals surface area (Å²) in [6.07, 6.45) is 0.871. The molecule has 0 aliphatic carbocycles. The highest BCUT2D eigenvalue weighted by Crippen LogP contribution is 2.29. The van der Waals surface area contributed by atoms with Crippen LogP contribution in [0.4, 0.5) is 14.5 Å². The van der Waals surface area contributed by atoms with Gasteiger partial charge in [-0.25, -0.2) is 8.78 Å². The van der Waals surface area contributed by atoms with Gasteiger partial charge in [0.1, 0.15) is 5.82 Å². The van der Waals surface area contributed by atoms with E-state index in [4.69, 9.17) is 11.6 Å². The third-order valence-corrected chi connectivity index (χ3v) is 4.86. The molecule has 2 aromatic rings. The molecule has 1 unspecified atom stereocenters. The Kier molecular flexibility index (Phi) is 5.32. The van der Waals surface area contributed by atoms with E-state index in [9.17, 15) is 18.7 Å². The van der Waals surface area contributed by atoms with E-state index < -0.39 is 28.9 Å². The van der Waals surface area contributed by atoms with Gasteiger partial charge in [-0.3, -0.25) is 4.79 Å². The summed E-state index contributed by atoms with van der Waals surface area (Å²) < 4.78 is 26.6. The fourth-order valence-corrected chi connectivity index (χ4v) is 3.38. The zero-order valence-electron chi connectivity index (χ0n) is 14.2.